The van der Waals surface area contributed by atoms with Crippen molar-refractivity contribution in [2.24, 2.45) is 0 Å². The monoisotopic (exact) mass is 506 g/mol. The molecule has 0 aliphatic carbocycles. The lowest BCUT2D eigenvalue weighted by Gasteiger charge is -2.12. The van der Waals surface area contributed by atoms with Gasteiger partial charge in [-0.1, -0.05) is 108 Å². The first kappa shape index (κ1) is 17.9. The Morgan fingerprint density at radius 3 is 1.54 bits per heavy atom. The summed E-state index contributed by atoms with van der Waals surface area (Å²) in [5.74, 6) is 0. The van der Waals surface area contributed by atoms with Crippen LogP contribution in [0.15, 0.2) is 77.3 Å². The second-order valence-corrected chi connectivity index (χ2v) is 8.17. The number of hydrogen-bond acceptors (Lipinski definition) is 0. The van der Waals surface area contributed by atoms with E-state index >= 15 is 0 Å². The van der Waals surface area contributed by atoms with Crippen LogP contribution in [0.3, 0.4) is 0 Å². The quantitative estimate of drug-likeness (QED) is 0.314. The van der Waals surface area contributed by atoms with E-state index in [1.165, 1.54) is 27.8 Å². The number of rotatable bonds is 5. The Hall–Kier alpha value is -0.900. The lowest BCUT2D eigenvalue weighted by Crippen LogP contribution is -1.94. The van der Waals surface area contributed by atoms with Crippen molar-refractivity contribution in [3.05, 3.63) is 105 Å². The molecule has 24 heavy (non-hydrogen) atoms. The summed E-state index contributed by atoms with van der Waals surface area (Å²) < 4.78 is 1.10. The van der Waals surface area contributed by atoms with E-state index in [-0.39, 0.29) is 4.83 Å². The van der Waals surface area contributed by atoms with Gasteiger partial charge in [0.2, 0.25) is 0 Å². The summed E-state index contributed by atoms with van der Waals surface area (Å²) in [5, 5.41) is 0.907. The van der Waals surface area contributed by atoms with E-state index in [4.69, 9.17) is 0 Å². The molecule has 0 N–H and O–H groups in total. The summed E-state index contributed by atoms with van der Waals surface area (Å²) >= 11 is 10.8. The summed E-state index contributed by atoms with van der Waals surface area (Å²) in [6, 6.07) is 26.1. The van der Waals surface area contributed by atoms with Crippen LogP contribution in [0, 0.1) is 0 Å². The van der Waals surface area contributed by atoms with E-state index in [0.717, 1.165) is 16.2 Å². The van der Waals surface area contributed by atoms with Gasteiger partial charge in [0.25, 0.3) is 0 Å². The molecule has 3 aromatic rings. The largest absolute Gasteiger partial charge is 0.0876 e. The van der Waals surface area contributed by atoms with Crippen LogP contribution < -0.4 is 0 Å². The fourth-order valence-electron chi connectivity index (χ4n) is 2.61. The van der Waals surface area contributed by atoms with Gasteiger partial charge in [-0.3, -0.25) is 0 Å². The average Bonchev–Trinajstić information content (AvgIpc) is 2.63. The van der Waals surface area contributed by atoms with Gasteiger partial charge < -0.3 is 0 Å². The SMILES string of the molecule is BrCc1ccc(Cc2ccc(C(Br)c3ccc(Br)cc3)cc2)cc1. The Balaban J connectivity index is 1.71. The van der Waals surface area contributed by atoms with Crippen molar-refractivity contribution < 1.29 is 0 Å². The van der Waals surface area contributed by atoms with Crippen LogP contribution in [0.4, 0.5) is 0 Å². The molecule has 3 aromatic carbocycles. The molecule has 0 heterocycles. The van der Waals surface area contributed by atoms with Crippen LogP contribution in [-0.2, 0) is 11.8 Å². The third-order valence-corrected chi connectivity index (χ3v) is 6.25. The third kappa shape index (κ3) is 4.59. The minimum Gasteiger partial charge on any atom is -0.0876 e. The fraction of sp³-hybridized carbons (Fsp3) is 0.143. The van der Waals surface area contributed by atoms with Crippen molar-refractivity contribution in [2.45, 2.75) is 16.6 Å². The molecule has 0 aliphatic rings. The first-order chi connectivity index (χ1) is 11.7. The zero-order valence-corrected chi connectivity index (χ0v) is 17.8. The first-order valence-electron chi connectivity index (χ1n) is 7.78. The first-order valence-corrected chi connectivity index (χ1v) is 10.6. The Labute approximate surface area is 168 Å². The third-order valence-electron chi connectivity index (χ3n) is 4.02. The standard InChI is InChI=1S/C21H17Br3/c22-14-17-3-1-15(2-4-17)13-16-5-7-18(8-6-16)21(24)19-9-11-20(23)12-10-19/h1-12,21H,13-14H2. The van der Waals surface area contributed by atoms with Crippen LogP contribution in [0.25, 0.3) is 0 Å². The maximum atomic E-state index is 3.81. The molecular formula is C21H17Br3. The summed E-state index contributed by atoms with van der Waals surface area (Å²) in [6.45, 7) is 0. The molecule has 3 rings (SSSR count). The summed E-state index contributed by atoms with van der Waals surface area (Å²) in [7, 11) is 0. The molecule has 0 saturated carbocycles. The summed E-state index contributed by atoms with van der Waals surface area (Å²) in [4.78, 5) is 0.220. The Kier molecular flexibility index (Phi) is 6.31. The van der Waals surface area contributed by atoms with Gasteiger partial charge in [0, 0.05) is 9.80 Å². The summed E-state index contributed by atoms with van der Waals surface area (Å²) in [5.41, 5.74) is 6.52. The van der Waals surface area contributed by atoms with Gasteiger partial charge in [0.05, 0.1) is 4.83 Å². The molecule has 0 nitrogen and oxygen atoms in total. The van der Waals surface area contributed by atoms with Crippen molar-refractivity contribution in [3.8, 4) is 0 Å². The second-order valence-electron chi connectivity index (χ2n) is 5.78. The van der Waals surface area contributed by atoms with Gasteiger partial charge in [-0.05, 0) is 46.4 Å². The van der Waals surface area contributed by atoms with Gasteiger partial charge in [-0.15, -0.1) is 0 Å². The van der Waals surface area contributed by atoms with E-state index in [1.807, 2.05) is 0 Å². The topological polar surface area (TPSA) is 0 Å². The Bertz CT molecular complexity index is 775. The molecule has 0 bridgehead atoms. The van der Waals surface area contributed by atoms with Gasteiger partial charge in [-0.25, -0.2) is 0 Å². The highest BCUT2D eigenvalue weighted by Gasteiger charge is 2.10. The zero-order chi connectivity index (χ0) is 16.9. The molecule has 0 radical (unpaired) electrons. The molecule has 0 spiro atoms. The van der Waals surface area contributed by atoms with Gasteiger partial charge in [0.1, 0.15) is 0 Å². The smallest absolute Gasteiger partial charge is 0.0644 e. The molecule has 0 aromatic heterocycles. The van der Waals surface area contributed by atoms with Gasteiger partial charge in [0.15, 0.2) is 0 Å². The molecule has 0 fully saturated rings. The molecule has 3 heteroatoms. The van der Waals surface area contributed by atoms with E-state index < -0.39 is 0 Å². The van der Waals surface area contributed by atoms with Crippen molar-refractivity contribution >= 4 is 47.8 Å². The van der Waals surface area contributed by atoms with E-state index in [1.54, 1.807) is 0 Å². The molecular weight excluding hydrogens is 492 g/mol. The van der Waals surface area contributed by atoms with Crippen LogP contribution >= 0.6 is 47.8 Å². The van der Waals surface area contributed by atoms with Crippen molar-refractivity contribution in [1.82, 2.24) is 0 Å². The Morgan fingerprint density at radius 2 is 1.04 bits per heavy atom. The minimum absolute atomic E-state index is 0.220. The van der Waals surface area contributed by atoms with E-state index in [2.05, 4.69) is 121 Å². The van der Waals surface area contributed by atoms with Crippen LogP contribution in [0.2, 0.25) is 0 Å². The van der Waals surface area contributed by atoms with Crippen LogP contribution in [0.1, 0.15) is 32.6 Å². The maximum absolute atomic E-state index is 3.81. The molecule has 122 valence electrons. The zero-order valence-electron chi connectivity index (χ0n) is 13.1. The van der Waals surface area contributed by atoms with Crippen molar-refractivity contribution in [3.63, 3.8) is 0 Å². The van der Waals surface area contributed by atoms with Crippen LogP contribution in [-0.4, -0.2) is 0 Å². The van der Waals surface area contributed by atoms with Crippen molar-refractivity contribution in [2.75, 3.05) is 0 Å². The minimum atomic E-state index is 0.220. The predicted octanol–water partition coefficient (Wildman–Crippen LogP) is 7.42. The van der Waals surface area contributed by atoms with Gasteiger partial charge in [-0.2, -0.15) is 0 Å². The second kappa shape index (κ2) is 8.46. The molecule has 1 atom stereocenters. The number of benzene rings is 3. The van der Waals surface area contributed by atoms with Crippen LogP contribution in [0.5, 0.6) is 0 Å². The maximum Gasteiger partial charge on any atom is 0.0644 e. The number of halogens is 3. The molecule has 1 unspecified atom stereocenters. The number of hydrogen-bond donors (Lipinski definition) is 0. The molecule has 0 aliphatic heterocycles. The Morgan fingerprint density at radius 1 is 0.625 bits per heavy atom. The summed E-state index contributed by atoms with van der Waals surface area (Å²) in [6.07, 6.45) is 0.966. The highest BCUT2D eigenvalue weighted by Crippen LogP contribution is 2.31. The van der Waals surface area contributed by atoms with E-state index in [9.17, 15) is 0 Å². The lowest BCUT2D eigenvalue weighted by atomic mass is 10.00. The number of alkyl halides is 2. The van der Waals surface area contributed by atoms with Gasteiger partial charge >= 0.3 is 0 Å². The predicted molar refractivity (Wildman–Crippen MR) is 113 cm³/mol. The molecule has 0 saturated heterocycles. The highest BCUT2D eigenvalue weighted by atomic mass is 79.9. The lowest BCUT2D eigenvalue weighted by molar-refractivity contribution is 1.14. The molecule has 0 amide bonds. The van der Waals surface area contributed by atoms with Crippen molar-refractivity contribution in [1.29, 1.82) is 0 Å². The normalized spacial score (nSPS) is 12.1. The van der Waals surface area contributed by atoms with E-state index in [0.29, 0.717) is 0 Å². The fourth-order valence-corrected chi connectivity index (χ4v) is 3.86. The average molecular weight is 509 g/mol. The highest BCUT2D eigenvalue weighted by molar-refractivity contribution is 9.10.